The summed E-state index contributed by atoms with van der Waals surface area (Å²) in [5.41, 5.74) is 0.398. The van der Waals surface area contributed by atoms with E-state index >= 15 is 0 Å². The van der Waals surface area contributed by atoms with Crippen LogP contribution in [-0.2, 0) is 11.3 Å². The van der Waals surface area contributed by atoms with Crippen LogP contribution in [0.5, 0.6) is 11.5 Å². The number of benzene rings is 1. The molecule has 0 heterocycles. The number of ether oxygens (including phenoxy) is 3. The number of carbonyl (C=O) groups is 1. The molecule has 144 valence electrons. The standard InChI is InChI=1S/C20H28BrNO4/c1-20(2,3)26-19(23)22(15-9-7-6-8-10-15)13-14-11-17(24-4)18(25-5)12-16(14)21/h7,9,11-12,15H,6,8,10,13H2,1-5H3. The molecule has 1 atom stereocenters. The van der Waals surface area contributed by atoms with Crippen LogP contribution in [0.3, 0.4) is 0 Å². The van der Waals surface area contributed by atoms with Crippen LogP contribution in [-0.4, -0.2) is 36.9 Å². The minimum atomic E-state index is -0.539. The van der Waals surface area contributed by atoms with Gasteiger partial charge in [0, 0.05) is 4.47 Å². The summed E-state index contributed by atoms with van der Waals surface area (Å²) in [5.74, 6) is 1.28. The third-order valence-electron chi connectivity index (χ3n) is 4.15. The molecule has 1 aromatic rings. The fraction of sp³-hybridized carbons (Fsp3) is 0.550. The number of hydrogen-bond donors (Lipinski definition) is 0. The topological polar surface area (TPSA) is 48.0 Å². The molecular formula is C20H28BrNO4. The van der Waals surface area contributed by atoms with Gasteiger partial charge < -0.3 is 14.2 Å². The molecule has 0 aliphatic heterocycles. The van der Waals surface area contributed by atoms with E-state index in [0.717, 1.165) is 29.3 Å². The molecule has 1 aromatic carbocycles. The van der Waals surface area contributed by atoms with E-state index in [1.165, 1.54) is 0 Å². The normalized spacial score (nSPS) is 16.9. The lowest BCUT2D eigenvalue weighted by atomic mass is 10.0. The lowest BCUT2D eigenvalue weighted by molar-refractivity contribution is 0.0168. The second-order valence-corrected chi connectivity index (χ2v) is 8.19. The number of amides is 1. The van der Waals surface area contributed by atoms with Crippen LogP contribution < -0.4 is 9.47 Å². The van der Waals surface area contributed by atoms with E-state index in [1.54, 1.807) is 19.1 Å². The summed E-state index contributed by atoms with van der Waals surface area (Å²) in [6.45, 7) is 6.06. The fourth-order valence-electron chi connectivity index (χ4n) is 2.89. The molecule has 1 unspecified atom stereocenters. The molecule has 0 spiro atoms. The van der Waals surface area contributed by atoms with E-state index in [-0.39, 0.29) is 12.1 Å². The molecular weight excluding hydrogens is 398 g/mol. The van der Waals surface area contributed by atoms with Gasteiger partial charge in [-0.15, -0.1) is 0 Å². The molecule has 0 aromatic heterocycles. The zero-order valence-corrected chi connectivity index (χ0v) is 17.8. The summed E-state index contributed by atoms with van der Waals surface area (Å²) in [7, 11) is 3.20. The lowest BCUT2D eigenvalue weighted by Crippen LogP contribution is -2.42. The van der Waals surface area contributed by atoms with Gasteiger partial charge in [0.15, 0.2) is 11.5 Å². The molecule has 1 amide bonds. The number of halogens is 1. The molecule has 0 saturated heterocycles. The Morgan fingerprint density at radius 1 is 1.23 bits per heavy atom. The van der Waals surface area contributed by atoms with E-state index < -0.39 is 5.60 Å². The first kappa shape index (κ1) is 20.6. The van der Waals surface area contributed by atoms with E-state index in [4.69, 9.17) is 14.2 Å². The number of carbonyl (C=O) groups excluding carboxylic acids is 1. The van der Waals surface area contributed by atoms with Crippen molar-refractivity contribution < 1.29 is 19.0 Å². The van der Waals surface area contributed by atoms with Crippen molar-refractivity contribution >= 4 is 22.0 Å². The lowest BCUT2D eigenvalue weighted by Gasteiger charge is -2.33. The van der Waals surface area contributed by atoms with Crippen molar-refractivity contribution in [2.45, 2.75) is 58.2 Å². The van der Waals surface area contributed by atoms with Crippen LogP contribution in [0.25, 0.3) is 0 Å². The number of hydrogen-bond acceptors (Lipinski definition) is 4. The maximum absolute atomic E-state index is 12.8. The van der Waals surface area contributed by atoms with E-state index in [1.807, 2.05) is 32.9 Å². The predicted octanol–water partition coefficient (Wildman–Crippen LogP) is 5.31. The monoisotopic (exact) mass is 425 g/mol. The molecule has 0 N–H and O–H groups in total. The Hall–Kier alpha value is -1.69. The first-order valence-corrected chi connectivity index (χ1v) is 9.61. The Labute approximate surface area is 164 Å². The van der Waals surface area contributed by atoms with Crippen molar-refractivity contribution in [2.24, 2.45) is 0 Å². The first-order valence-electron chi connectivity index (χ1n) is 8.82. The molecule has 1 aliphatic rings. The van der Waals surface area contributed by atoms with Crippen LogP contribution in [0, 0.1) is 0 Å². The second-order valence-electron chi connectivity index (χ2n) is 7.33. The van der Waals surface area contributed by atoms with Crippen molar-refractivity contribution in [1.29, 1.82) is 0 Å². The maximum atomic E-state index is 12.8. The highest BCUT2D eigenvalue weighted by atomic mass is 79.9. The third kappa shape index (κ3) is 5.40. The van der Waals surface area contributed by atoms with Crippen molar-refractivity contribution in [1.82, 2.24) is 4.90 Å². The average molecular weight is 426 g/mol. The Bertz CT molecular complexity index is 667. The molecule has 0 fully saturated rings. The number of allylic oxidation sites excluding steroid dienone is 1. The molecule has 1 aliphatic carbocycles. The van der Waals surface area contributed by atoms with Gasteiger partial charge in [0.2, 0.25) is 0 Å². The number of nitrogens with zero attached hydrogens (tertiary/aromatic N) is 1. The van der Waals surface area contributed by atoms with Crippen molar-refractivity contribution in [3.05, 3.63) is 34.3 Å². The van der Waals surface area contributed by atoms with Gasteiger partial charge in [0.1, 0.15) is 5.60 Å². The quantitative estimate of drug-likeness (QED) is 0.599. The smallest absolute Gasteiger partial charge is 0.411 e. The number of methoxy groups -OCH3 is 2. The molecule has 2 rings (SSSR count). The van der Waals surface area contributed by atoms with Gasteiger partial charge in [-0.25, -0.2) is 4.79 Å². The SMILES string of the molecule is COc1cc(Br)c(CN(C(=O)OC(C)(C)C)C2C=CCCC2)cc1OC. The van der Waals surface area contributed by atoms with Crippen molar-refractivity contribution in [2.75, 3.05) is 14.2 Å². The largest absolute Gasteiger partial charge is 0.493 e. The molecule has 0 radical (unpaired) electrons. The molecule has 5 nitrogen and oxygen atoms in total. The summed E-state index contributed by atoms with van der Waals surface area (Å²) < 4.78 is 17.3. The molecule has 26 heavy (non-hydrogen) atoms. The van der Waals surface area contributed by atoms with Gasteiger partial charge in [0.05, 0.1) is 26.8 Å². The average Bonchev–Trinajstić information content (AvgIpc) is 2.59. The maximum Gasteiger partial charge on any atom is 0.411 e. The number of rotatable bonds is 5. The summed E-state index contributed by atoms with van der Waals surface area (Å²) in [6.07, 6.45) is 6.97. The highest BCUT2D eigenvalue weighted by Gasteiger charge is 2.28. The highest BCUT2D eigenvalue weighted by molar-refractivity contribution is 9.10. The van der Waals surface area contributed by atoms with Gasteiger partial charge >= 0.3 is 6.09 Å². The van der Waals surface area contributed by atoms with Gasteiger partial charge in [-0.05, 0) is 57.7 Å². The summed E-state index contributed by atoms with van der Waals surface area (Å²) in [4.78, 5) is 14.6. The summed E-state index contributed by atoms with van der Waals surface area (Å²) >= 11 is 3.58. The second kappa shape index (κ2) is 8.80. The van der Waals surface area contributed by atoms with Gasteiger partial charge in [0.25, 0.3) is 0 Å². The minimum absolute atomic E-state index is 0.0265. The first-order chi connectivity index (χ1) is 12.2. The Balaban J connectivity index is 2.33. The van der Waals surface area contributed by atoms with Crippen LogP contribution in [0.2, 0.25) is 0 Å². The van der Waals surface area contributed by atoms with E-state index in [0.29, 0.717) is 18.0 Å². The van der Waals surface area contributed by atoms with Gasteiger partial charge in [-0.3, -0.25) is 4.90 Å². The minimum Gasteiger partial charge on any atom is -0.493 e. The van der Waals surface area contributed by atoms with Gasteiger partial charge in [-0.1, -0.05) is 28.1 Å². The Morgan fingerprint density at radius 3 is 2.42 bits per heavy atom. The van der Waals surface area contributed by atoms with Crippen LogP contribution in [0.4, 0.5) is 4.79 Å². The zero-order chi connectivity index (χ0) is 19.3. The Morgan fingerprint density at radius 2 is 1.88 bits per heavy atom. The summed E-state index contributed by atoms with van der Waals surface area (Å²) in [5, 5.41) is 0. The Kier molecular flexibility index (Phi) is 6.98. The van der Waals surface area contributed by atoms with Crippen molar-refractivity contribution in [3.8, 4) is 11.5 Å². The molecule has 0 bridgehead atoms. The highest BCUT2D eigenvalue weighted by Crippen LogP contribution is 2.34. The fourth-order valence-corrected chi connectivity index (χ4v) is 3.34. The summed E-state index contributed by atoms with van der Waals surface area (Å²) in [6, 6.07) is 3.78. The van der Waals surface area contributed by atoms with E-state index in [9.17, 15) is 4.79 Å². The molecule has 6 heteroatoms. The third-order valence-corrected chi connectivity index (χ3v) is 4.89. The predicted molar refractivity (Wildman–Crippen MR) is 106 cm³/mol. The van der Waals surface area contributed by atoms with E-state index in [2.05, 4.69) is 28.1 Å². The van der Waals surface area contributed by atoms with Crippen LogP contribution in [0.15, 0.2) is 28.8 Å². The van der Waals surface area contributed by atoms with Crippen molar-refractivity contribution in [3.63, 3.8) is 0 Å². The van der Waals surface area contributed by atoms with Crippen LogP contribution >= 0.6 is 15.9 Å². The zero-order valence-electron chi connectivity index (χ0n) is 16.2. The van der Waals surface area contributed by atoms with Crippen LogP contribution in [0.1, 0.15) is 45.6 Å². The molecule has 0 saturated carbocycles. The van der Waals surface area contributed by atoms with Gasteiger partial charge in [-0.2, -0.15) is 0 Å².